The van der Waals surface area contributed by atoms with E-state index < -0.39 is 6.10 Å². The number of carbonyl (C=O) groups is 1. The van der Waals surface area contributed by atoms with Crippen molar-refractivity contribution in [1.29, 1.82) is 0 Å². The predicted octanol–water partition coefficient (Wildman–Crippen LogP) is 5.01. The molecule has 1 atom stereocenters. The highest BCUT2D eigenvalue weighted by Crippen LogP contribution is 2.25. The lowest BCUT2D eigenvalue weighted by molar-refractivity contribution is -0.122. The van der Waals surface area contributed by atoms with E-state index in [4.69, 9.17) is 16.3 Å². The van der Waals surface area contributed by atoms with Crippen molar-refractivity contribution in [1.82, 2.24) is 4.98 Å². The number of aromatic nitrogens is 1. The van der Waals surface area contributed by atoms with Gasteiger partial charge in [0.1, 0.15) is 11.6 Å². The number of hydrogen-bond donors (Lipinski definition) is 1. The van der Waals surface area contributed by atoms with E-state index in [1.165, 1.54) is 23.5 Å². The molecule has 1 aromatic heterocycles. The van der Waals surface area contributed by atoms with Gasteiger partial charge in [-0.15, -0.1) is 11.3 Å². The van der Waals surface area contributed by atoms with Crippen LogP contribution in [0.4, 0.5) is 9.52 Å². The topological polar surface area (TPSA) is 51.2 Å². The molecule has 0 fully saturated rings. The van der Waals surface area contributed by atoms with E-state index in [2.05, 4.69) is 10.3 Å². The summed E-state index contributed by atoms with van der Waals surface area (Å²) in [6.45, 7) is 1.64. The smallest absolute Gasteiger partial charge is 0.266 e. The highest BCUT2D eigenvalue weighted by atomic mass is 35.5. The number of rotatable bonds is 5. The monoisotopic (exact) mass is 376 g/mol. The Hall–Kier alpha value is -2.44. The second-order valence-corrected chi connectivity index (χ2v) is 6.55. The van der Waals surface area contributed by atoms with Gasteiger partial charge in [-0.1, -0.05) is 17.7 Å². The Morgan fingerprint density at radius 3 is 2.76 bits per heavy atom. The molecule has 7 heteroatoms. The van der Waals surface area contributed by atoms with Gasteiger partial charge in [-0.2, -0.15) is 0 Å². The molecular formula is C18H14ClFN2O2S. The molecule has 0 aliphatic carbocycles. The summed E-state index contributed by atoms with van der Waals surface area (Å²) in [7, 11) is 0. The molecule has 1 amide bonds. The molecule has 0 bridgehead atoms. The molecule has 25 heavy (non-hydrogen) atoms. The van der Waals surface area contributed by atoms with Crippen molar-refractivity contribution in [3.05, 3.63) is 64.8 Å². The third kappa shape index (κ3) is 4.55. The van der Waals surface area contributed by atoms with Crippen molar-refractivity contribution in [2.45, 2.75) is 13.0 Å². The molecule has 1 N–H and O–H groups in total. The number of hydrogen-bond acceptors (Lipinski definition) is 4. The lowest BCUT2D eigenvalue weighted by Gasteiger charge is -2.13. The molecule has 4 nitrogen and oxygen atoms in total. The number of amides is 1. The summed E-state index contributed by atoms with van der Waals surface area (Å²) in [6.07, 6.45) is -0.711. The first-order chi connectivity index (χ1) is 12.0. The zero-order valence-electron chi connectivity index (χ0n) is 13.2. The maximum absolute atomic E-state index is 13.0. The first-order valence-electron chi connectivity index (χ1n) is 7.46. The van der Waals surface area contributed by atoms with E-state index in [9.17, 15) is 9.18 Å². The Bertz CT molecular complexity index is 883. The van der Waals surface area contributed by atoms with Crippen LogP contribution < -0.4 is 10.1 Å². The van der Waals surface area contributed by atoms with Gasteiger partial charge in [0, 0.05) is 16.0 Å². The van der Waals surface area contributed by atoms with Crippen LogP contribution in [0, 0.1) is 5.82 Å². The van der Waals surface area contributed by atoms with Gasteiger partial charge in [-0.05, 0) is 49.4 Å². The molecule has 3 aromatic rings. The Morgan fingerprint density at radius 2 is 2.04 bits per heavy atom. The molecule has 2 aromatic carbocycles. The largest absolute Gasteiger partial charge is 0.481 e. The molecule has 128 valence electrons. The lowest BCUT2D eigenvalue weighted by Crippen LogP contribution is -2.30. The molecule has 0 aliphatic heterocycles. The minimum absolute atomic E-state index is 0.306. The standard InChI is InChI=1S/C18H14ClFN2O2S/c1-11(24-15-4-2-3-13(19)9-15)17(23)22-18-21-16(10-25-18)12-5-7-14(20)8-6-12/h2-11H,1H3,(H,21,22,23). The van der Waals surface area contributed by atoms with Gasteiger partial charge < -0.3 is 4.74 Å². The molecule has 0 saturated carbocycles. The first kappa shape index (κ1) is 17.4. The molecule has 0 saturated heterocycles. The summed E-state index contributed by atoms with van der Waals surface area (Å²) >= 11 is 7.19. The predicted molar refractivity (Wildman–Crippen MR) is 97.7 cm³/mol. The van der Waals surface area contributed by atoms with Gasteiger partial charge in [-0.3, -0.25) is 10.1 Å². The fourth-order valence-electron chi connectivity index (χ4n) is 2.09. The van der Waals surface area contributed by atoms with E-state index in [0.717, 1.165) is 5.56 Å². The van der Waals surface area contributed by atoms with Crippen molar-refractivity contribution < 1.29 is 13.9 Å². The Kier molecular flexibility index (Phi) is 5.31. The second-order valence-electron chi connectivity index (χ2n) is 5.25. The van der Waals surface area contributed by atoms with Crippen LogP contribution in [0.3, 0.4) is 0 Å². The Balaban J connectivity index is 1.64. The van der Waals surface area contributed by atoms with Gasteiger partial charge in [0.25, 0.3) is 5.91 Å². The van der Waals surface area contributed by atoms with E-state index in [-0.39, 0.29) is 11.7 Å². The Morgan fingerprint density at radius 1 is 1.28 bits per heavy atom. The summed E-state index contributed by atoms with van der Waals surface area (Å²) in [6, 6.07) is 12.9. The van der Waals surface area contributed by atoms with Crippen LogP contribution in [0.2, 0.25) is 5.02 Å². The fourth-order valence-corrected chi connectivity index (χ4v) is 2.99. The summed E-state index contributed by atoms with van der Waals surface area (Å²) in [5.74, 6) is -0.110. The number of thiazole rings is 1. The average molecular weight is 377 g/mol. The number of nitrogens with one attached hydrogen (secondary N) is 1. The zero-order valence-corrected chi connectivity index (χ0v) is 14.8. The number of ether oxygens (including phenoxy) is 1. The third-order valence-electron chi connectivity index (χ3n) is 3.35. The van der Waals surface area contributed by atoms with Gasteiger partial charge in [-0.25, -0.2) is 9.37 Å². The average Bonchev–Trinajstić information content (AvgIpc) is 3.04. The number of nitrogens with zero attached hydrogens (tertiary/aromatic N) is 1. The van der Waals surface area contributed by atoms with Crippen molar-refractivity contribution >= 4 is 34.0 Å². The molecule has 1 heterocycles. The highest BCUT2D eigenvalue weighted by Gasteiger charge is 2.17. The normalized spacial score (nSPS) is 11.8. The summed E-state index contributed by atoms with van der Waals surface area (Å²) < 4.78 is 18.5. The Labute approximate surface area is 153 Å². The van der Waals surface area contributed by atoms with E-state index >= 15 is 0 Å². The third-order valence-corrected chi connectivity index (χ3v) is 4.35. The van der Waals surface area contributed by atoms with Gasteiger partial charge in [0.15, 0.2) is 11.2 Å². The SMILES string of the molecule is CC(Oc1cccc(Cl)c1)C(=O)Nc1nc(-c2ccc(F)cc2)cs1. The van der Waals surface area contributed by atoms with Crippen LogP contribution in [0.5, 0.6) is 5.75 Å². The molecule has 0 radical (unpaired) electrons. The van der Waals surface area contributed by atoms with Crippen LogP contribution in [-0.2, 0) is 4.79 Å². The summed E-state index contributed by atoms with van der Waals surface area (Å²) in [5, 5.41) is 5.50. The van der Waals surface area contributed by atoms with Crippen molar-refractivity contribution in [2.75, 3.05) is 5.32 Å². The van der Waals surface area contributed by atoms with Crippen LogP contribution in [0.1, 0.15) is 6.92 Å². The van der Waals surface area contributed by atoms with E-state index in [0.29, 0.717) is 21.6 Å². The fraction of sp³-hybridized carbons (Fsp3) is 0.111. The molecule has 0 spiro atoms. The molecule has 1 unspecified atom stereocenters. The van der Waals surface area contributed by atoms with E-state index in [1.807, 2.05) is 0 Å². The van der Waals surface area contributed by atoms with Crippen molar-refractivity contribution in [3.63, 3.8) is 0 Å². The van der Waals surface area contributed by atoms with Crippen molar-refractivity contribution in [2.24, 2.45) is 0 Å². The number of anilines is 1. The summed E-state index contributed by atoms with van der Waals surface area (Å²) in [5.41, 5.74) is 1.45. The van der Waals surface area contributed by atoms with Gasteiger partial charge in [0.05, 0.1) is 5.69 Å². The van der Waals surface area contributed by atoms with Gasteiger partial charge in [0.2, 0.25) is 0 Å². The molecule has 0 aliphatic rings. The minimum Gasteiger partial charge on any atom is -0.481 e. The van der Waals surface area contributed by atoms with E-state index in [1.54, 1.807) is 48.7 Å². The maximum Gasteiger partial charge on any atom is 0.266 e. The van der Waals surface area contributed by atoms with Crippen LogP contribution >= 0.6 is 22.9 Å². The molecule has 3 rings (SSSR count). The highest BCUT2D eigenvalue weighted by molar-refractivity contribution is 7.14. The maximum atomic E-state index is 13.0. The quantitative estimate of drug-likeness (QED) is 0.681. The van der Waals surface area contributed by atoms with Gasteiger partial charge >= 0.3 is 0 Å². The number of benzene rings is 2. The zero-order chi connectivity index (χ0) is 17.8. The first-order valence-corrected chi connectivity index (χ1v) is 8.71. The number of carbonyl (C=O) groups excluding carboxylic acids is 1. The van der Waals surface area contributed by atoms with Crippen LogP contribution in [0.25, 0.3) is 11.3 Å². The second kappa shape index (κ2) is 7.63. The lowest BCUT2D eigenvalue weighted by atomic mass is 10.2. The van der Waals surface area contributed by atoms with Crippen molar-refractivity contribution in [3.8, 4) is 17.0 Å². The van der Waals surface area contributed by atoms with Crippen LogP contribution in [0.15, 0.2) is 53.9 Å². The number of halogens is 2. The summed E-state index contributed by atoms with van der Waals surface area (Å²) in [4.78, 5) is 16.6. The molecular weight excluding hydrogens is 363 g/mol. The van der Waals surface area contributed by atoms with Crippen LogP contribution in [-0.4, -0.2) is 17.0 Å². The minimum atomic E-state index is -0.711.